The summed E-state index contributed by atoms with van der Waals surface area (Å²) in [5.41, 5.74) is 2.66. The maximum Gasteiger partial charge on any atom is 0.244 e. The van der Waals surface area contributed by atoms with E-state index in [-0.39, 0.29) is 18.4 Å². The summed E-state index contributed by atoms with van der Waals surface area (Å²) < 4.78 is 0. The molecular formula is C18H18N2O2. The van der Waals surface area contributed by atoms with E-state index in [4.69, 9.17) is 0 Å². The highest BCUT2D eigenvalue weighted by Crippen LogP contribution is 2.12. The Hall–Kier alpha value is -2.88. The van der Waals surface area contributed by atoms with Crippen LogP contribution in [0.2, 0.25) is 0 Å². The van der Waals surface area contributed by atoms with E-state index in [9.17, 15) is 9.59 Å². The highest BCUT2D eigenvalue weighted by Gasteiger charge is 2.05. The summed E-state index contributed by atoms with van der Waals surface area (Å²) in [5, 5.41) is 5.32. The molecule has 4 heteroatoms. The fourth-order valence-corrected chi connectivity index (χ4v) is 1.87. The summed E-state index contributed by atoms with van der Waals surface area (Å²) in [6.45, 7) is 1.85. The zero-order valence-electron chi connectivity index (χ0n) is 12.4. The Labute approximate surface area is 129 Å². The van der Waals surface area contributed by atoms with Gasteiger partial charge in [-0.2, -0.15) is 0 Å². The van der Waals surface area contributed by atoms with E-state index in [0.29, 0.717) is 0 Å². The molecule has 0 aliphatic heterocycles. The SMILES string of the molecule is Cc1ccccc1NC(=O)CNC(=O)/C=C/c1ccccc1. The molecule has 0 atom stereocenters. The van der Waals surface area contributed by atoms with Crippen molar-refractivity contribution in [3.8, 4) is 0 Å². The molecule has 2 aromatic carbocycles. The van der Waals surface area contributed by atoms with Crippen LogP contribution in [0.5, 0.6) is 0 Å². The summed E-state index contributed by atoms with van der Waals surface area (Å²) in [4.78, 5) is 23.5. The highest BCUT2D eigenvalue weighted by atomic mass is 16.2. The van der Waals surface area contributed by atoms with E-state index >= 15 is 0 Å². The third-order valence-corrected chi connectivity index (χ3v) is 3.07. The zero-order valence-corrected chi connectivity index (χ0v) is 12.4. The van der Waals surface area contributed by atoms with E-state index in [0.717, 1.165) is 16.8 Å². The van der Waals surface area contributed by atoms with Gasteiger partial charge in [0.05, 0.1) is 6.54 Å². The van der Waals surface area contributed by atoms with Crippen LogP contribution in [0.3, 0.4) is 0 Å². The maximum atomic E-state index is 11.8. The molecule has 2 rings (SSSR count). The molecular weight excluding hydrogens is 276 g/mol. The molecule has 2 amide bonds. The largest absolute Gasteiger partial charge is 0.343 e. The first kappa shape index (κ1) is 15.5. The van der Waals surface area contributed by atoms with Crippen molar-refractivity contribution in [1.82, 2.24) is 5.32 Å². The number of carbonyl (C=O) groups is 2. The first-order chi connectivity index (χ1) is 10.6. The molecule has 0 spiro atoms. The molecule has 2 aromatic rings. The average Bonchev–Trinajstić information content (AvgIpc) is 2.54. The molecule has 0 fully saturated rings. The molecule has 2 N–H and O–H groups in total. The second kappa shape index (κ2) is 7.78. The molecule has 0 saturated carbocycles. The van der Waals surface area contributed by atoms with Gasteiger partial charge in [-0.1, -0.05) is 48.5 Å². The van der Waals surface area contributed by atoms with Gasteiger partial charge in [0.25, 0.3) is 0 Å². The van der Waals surface area contributed by atoms with Gasteiger partial charge in [0, 0.05) is 11.8 Å². The van der Waals surface area contributed by atoms with Crippen molar-refractivity contribution in [1.29, 1.82) is 0 Å². The predicted molar refractivity (Wildman–Crippen MR) is 88.3 cm³/mol. The molecule has 0 aromatic heterocycles. The second-order valence-electron chi connectivity index (χ2n) is 4.82. The third kappa shape index (κ3) is 4.90. The standard InChI is InChI=1S/C18H18N2O2/c1-14-7-5-6-10-16(14)20-18(22)13-19-17(21)12-11-15-8-3-2-4-9-15/h2-12H,13H2,1H3,(H,19,21)(H,20,22)/b12-11+. The number of rotatable bonds is 5. The number of hydrogen-bond donors (Lipinski definition) is 2. The van der Waals surface area contributed by atoms with Crippen LogP contribution >= 0.6 is 0 Å². The number of benzene rings is 2. The minimum absolute atomic E-state index is 0.0632. The van der Waals surface area contributed by atoms with Gasteiger partial charge in [0.2, 0.25) is 11.8 Å². The van der Waals surface area contributed by atoms with Crippen molar-refractivity contribution in [2.75, 3.05) is 11.9 Å². The minimum Gasteiger partial charge on any atom is -0.343 e. The van der Waals surface area contributed by atoms with Crippen molar-refractivity contribution >= 4 is 23.6 Å². The maximum absolute atomic E-state index is 11.8. The van der Waals surface area contributed by atoms with Gasteiger partial charge in [-0.15, -0.1) is 0 Å². The second-order valence-corrected chi connectivity index (χ2v) is 4.82. The van der Waals surface area contributed by atoms with Gasteiger partial charge in [-0.3, -0.25) is 9.59 Å². The van der Waals surface area contributed by atoms with Crippen LogP contribution in [0.25, 0.3) is 6.08 Å². The van der Waals surface area contributed by atoms with Gasteiger partial charge in [0.15, 0.2) is 0 Å². The first-order valence-electron chi connectivity index (χ1n) is 7.01. The van der Waals surface area contributed by atoms with E-state index in [1.165, 1.54) is 6.08 Å². The molecule has 0 heterocycles. The Morgan fingerprint density at radius 2 is 1.68 bits per heavy atom. The summed E-state index contributed by atoms with van der Waals surface area (Å²) in [5.74, 6) is -0.556. The Morgan fingerprint density at radius 1 is 1.00 bits per heavy atom. The van der Waals surface area contributed by atoms with Crippen LogP contribution < -0.4 is 10.6 Å². The first-order valence-corrected chi connectivity index (χ1v) is 7.01. The number of nitrogens with one attached hydrogen (secondary N) is 2. The third-order valence-electron chi connectivity index (χ3n) is 3.07. The smallest absolute Gasteiger partial charge is 0.244 e. The van der Waals surface area contributed by atoms with Crippen molar-refractivity contribution in [2.45, 2.75) is 6.92 Å². The number of amides is 2. The molecule has 0 radical (unpaired) electrons. The average molecular weight is 294 g/mol. The Kier molecular flexibility index (Phi) is 5.49. The van der Waals surface area contributed by atoms with Crippen molar-refractivity contribution in [2.24, 2.45) is 0 Å². The van der Waals surface area contributed by atoms with Crippen molar-refractivity contribution in [3.63, 3.8) is 0 Å². The quantitative estimate of drug-likeness (QED) is 0.833. The fraction of sp³-hybridized carbons (Fsp3) is 0.111. The van der Waals surface area contributed by atoms with Gasteiger partial charge in [0.1, 0.15) is 0 Å². The number of anilines is 1. The minimum atomic E-state index is -0.302. The Morgan fingerprint density at radius 3 is 2.41 bits per heavy atom. The molecule has 0 unspecified atom stereocenters. The van der Waals surface area contributed by atoms with E-state index in [1.54, 1.807) is 6.08 Å². The Bertz CT molecular complexity index is 678. The van der Waals surface area contributed by atoms with Crippen molar-refractivity contribution < 1.29 is 9.59 Å². The van der Waals surface area contributed by atoms with Crippen LogP contribution in [-0.4, -0.2) is 18.4 Å². The number of aryl methyl sites for hydroxylation is 1. The molecule has 0 saturated heterocycles. The van der Waals surface area contributed by atoms with Crippen LogP contribution in [0.15, 0.2) is 60.7 Å². The number of carbonyl (C=O) groups excluding carboxylic acids is 2. The molecule has 112 valence electrons. The Balaban J connectivity index is 1.80. The van der Waals surface area contributed by atoms with Crippen LogP contribution in [0.1, 0.15) is 11.1 Å². The lowest BCUT2D eigenvalue weighted by atomic mass is 10.2. The van der Waals surface area contributed by atoms with Crippen molar-refractivity contribution in [3.05, 3.63) is 71.8 Å². The topological polar surface area (TPSA) is 58.2 Å². The molecule has 0 bridgehead atoms. The van der Waals surface area contributed by atoms with E-state index < -0.39 is 0 Å². The summed E-state index contributed by atoms with van der Waals surface area (Å²) in [6.07, 6.45) is 3.12. The molecule has 0 aliphatic carbocycles. The van der Waals surface area contributed by atoms with Crippen LogP contribution in [0.4, 0.5) is 5.69 Å². The van der Waals surface area contributed by atoms with Crippen LogP contribution in [-0.2, 0) is 9.59 Å². The highest BCUT2D eigenvalue weighted by molar-refractivity contribution is 5.98. The molecule has 4 nitrogen and oxygen atoms in total. The lowest BCUT2D eigenvalue weighted by molar-refractivity contribution is -0.121. The molecule has 0 aliphatic rings. The fourth-order valence-electron chi connectivity index (χ4n) is 1.87. The van der Waals surface area contributed by atoms with Gasteiger partial charge in [-0.25, -0.2) is 0 Å². The number of para-hydroxylation sites is 1. The van der Waals surface area contributed by atoms with E-state index in [1.807, 2.05) is 61.5 Å². The van der Waals surface area contributed by atoms with Crippen LogP contribution in [0, 0.1) is 6.92 Å². The monoisotopic (exact) mass is 294 g/mol. The predicted octanol–water partition coefficient (Wildman–Crippen LogP) is 2.76. The summed E-state index contributed by atoms with van der Waals surface area (Å²) in [7, 11) is 0. The van der Waals surface area contributed by atoms with Gasteiger partial charge in [-0.05, 0) is 30.2 Å². The number of hydrogen-bond acceptors (Lipinski definition) is 2. The lowest BCUT2D eigenvalue weighted by Crippen LogP contribution is -2.31. The van der Waals surface area contributed by atoms with Gasteiger partial charge >= 0.3 is 0 Å². The summed E-state index contributed by atoms with van der Waals surface area (Å²) >= 11 is 0. The summed E-state index contributed by atoms with van der Waals surface area (Å²) in [6, 6.07) is 17.0. The zero-order chi connectivity index (χ0) is 15.8. The molecule has 22 heavy (non-hydrogen) atoms. The normalized spacial score (nSPS) is 10.4. The van der Waals surface area contributed by atoms with E-state index in [2.05, 4.69) is 10.6 Å². The van der Waals surface area contributed by atoms with Gasteiger partial charge < -0.3 is 10.6 Å². The lowest BCUT2D eigenvalue weighted by Gasteiger charge is -2.08.